The van der Waals surface area contributed by atoms with Crippen LogP contribution >= 0.6 is 0 Å². The average molecular weight is 284 g/mol. The molecule has 0 aliphatic carbocycles. The number of hydrogen-bond acceptors (Lipinski definition) is 4. The van der Waals surface area contributed by atoms with Crippen LogP contribution in [0.15, 0.2) is 48.8 Å². The fraction of sp³-hybridized carbons (Fsp3) is 0.294. The van der Waals surface area contributed by atoms with E-state index in [-0.39, 0.29) is 12.0 Å². The Morgan fingerprint density at radius 2 is 2.00 bits per heavy atom. The minimum Gasteiger partial charge on any atom is -0.469 e. The lowest BCUT2D eigenvalue weighted by molar-refractivity contribution is -0.139. The molecule has 1 atom stereocenters. The summed E-state index contributed by atoms with van der Waals surface area (Å²) in [5.74, 6) is -0.220. The van der Waals surface area contributed by atoms with Crippen LogP contribution < -0.4 is 5.32 Å². The molecule has 21 heavy (non-hydrogen) atoms. The molecule has 0 aliphatic heterocycles. The van der Waals surface area contributed by atoms with E-state index < -0.39 is 0 Å². The number of nitrogens with one attached hydrogen (secondary N) is 1. The number of esters is 1. The number of carbonyl (C=O) groups is 1. The molecule has 0 saturated carbocycles. The molecular weight excluding hydrogens is 264 g/mol. The van der Waals surface area contributed by atoms with Gasteiger partial charge in [-0.05, 0) is 29.7 Å². The SMILES string of the molecule is COC(=O)Cc1ccccc1CNC(C)c1cccnc1. The van der Waals surface area contributed by atoms with Gasteiger partial charge in [-0.15, -0.1) is 0 Å². The second kappa shape index (κ2) is 7.55. The lowest BCUT2D eigenvalue weighted by Crippen LogP contribution is -2.19. The first-order valence-electron chi connectivity index (χ1n) is 6.97. The third-order valence-corrected chi connectivity index (χ3v) is 3.46. The van der Waals surface area contributed by atoms with Gasteiger partial charge in [-0.3, -0.25) is 9.78 Å². The summed E-state index contributed by atoms with van der Waals surface area (Å²) in [6.07, 6.45) is 3.93. The maximum atomic E-state index is 11.4. The van der Waals surface area contributed by atoms with Crippen molar-refractivity contribution in [3.63, 3.8) is 0 Å². The van der Waals surface area contributed by atoms with E-state index in [0.29, 0.717) is 13.0 Å². The van der Waals surface area contributed by atoms with Gasteiger partial charge < -0.3 is 10.1 Å². The van der Waals surface area contributed by atoms with Gasteiger partial charge in [0.25, 0.3) is 0 Å². The van der Waals surface area contributed by atoms with Crippen LogP contribution in [0, 0.1) is 0 Å². The third kappa shape index (κ3) is 4.39. The number of benzene rings is 1. The van der Waals surface area contributed by atoms with Crippen LogP contribution in [0.1, 0.15) is 29.7 Å². The Kier molecular flexibility index (Phi) is 5.46. The first kappa shape index (κ1) is 15.2. The van der Waals surface area contributed by atoms with E-state index in [2.05, 4.69) is 17.2 Å². The van der Waals surface area contributed by atoms with Crippen LogP contribution in [0.5, 0.6) is 0 Å². The Labute approximate surface area is 125 Å². The number of rotatable bonds is 6. The highest BCUT2D eigenvalue weighted by atomic mass is 16.5. The number of aromatic nitrogens is 1. The first-order valence-corrected chi connectivity index (χ1v) is 6.97. The summed E-state index contributed by atoms with van der Waals surface area (Å²) in [6, 6.07) is 12.1. The lowest BCUT2D eigenvalue weighted by atomic mass is 10.0. The zero-order chi connectivity index (χ0) is 15.1. The summed E-state index contributed by atoms with van der Waals surface area (Å²) >= 11 is 0. The molecule has 0 amide bonds. The third-order valence-electron chi connectivity index (χ3n) is 3.46. The molecule has 0 bridgehead atoms. The van der Waals surface area contributed by atoms with Crippen LogP contribution in [0.2, 0.25) is 0 Å². The van der Waals surface area contributed by atoms with Gasteiger partial charge in [-0.25, -0.2) is 0 Å². The number of ether oxygens (including phenoxy) is 1. The molecule has 1 aromatic carbocycles. The van der Waals surface area contributed by atoms with Crippen molar-refractivity contribution < 1.29 is 9.53 Å². The van der Waals surface area contributed by atoms with Crippen molar-refractivity contribution in [1.29, 1.82) is 0 Å². The summed E-state index contributed by atoms with van der Waals surface area (Å²) in [5, 5.41) is 3.45. The molecule has 1 aromatic heterocycles. The van der Waals surface area contributed by atoms with E-state index in [4.69, 9.17) is 4.74 Å². The van der Waals surface area contributed by atoms with E-state index in [1.807, 2.05) is 42.6 Å². The molecule has 110 valence electrons. The van der Waals surface area contributed by atoms with Gasteiger partial charge in [-0.2, -0.15) is 0 Å². The second-order valence-electron chi connectivity index (χ2n) is 4.91. The minimum absolute atomic E-state index is 0.199. The first-order chi connectivity index (χ1) is 10.2. The zero-order valence-corrected chi connectivity index (χ0v) is 12.4. The van der Waals surface area contributed by atoms with Crippen molar-refractivity contribution in [1.82, 2.24) is 10.3 Å². The highest BCUT2D eigenvalue weighted by Crippen LogP contribution is 2.14. The Morgan fingerprint density at radius 1 is 1.24 bits per heavy atom. The van der Waals surface area contributed by atoms with E-state index in [1.165, 1.54) is 7.11 Å². The Balaban J connectivity index is 2.01. The molecule has 4 nitrogen and oxygen atoms in total. The average Bonchev–Trinajstić information content (AvgIpc) is 2.54. The van der Waals surface area contributed by atoms with E-state index >= 15 is 0 Å². The highest BCUT2D eigenvalue weighted by molar-refractivity contribution is 5.72. The van der Waals surface area contributed by atoms with Crippen LogP contribution in [0.4, 0.5) is 0 Å². The van der Waals surface area contributed by atoms with Gasteiger partial charge in [0.1, 0.15) is 0 Å². The Bertz CT molecular complexity index is 584. The molecule has 2 aromatic rings. The summed E-state index contributed by atoms with van der Waals surface area (Å²) in [6.45, 7) is 2.79. The maximum Gasteiger partial charge on any atom is 0.309 e. The number of hydrogen-bond donors (Lipinski definition) is 1. The van der Waals surface area contributed by atoms with E-state index in [9.17, 15) is 4.79 Å². The largest absolute Gasteiger partial charge is 0.469 e. The normalized spacial score (nSPS) is 11.9. The zero-order valence-electron chi connectivity index (χ0n) is 12.4. The van der Waals surface area contributed by atoms with Crippen molar-refractivity contribution in [2.45, 2.75) is 25.9 Å². The van der Waals surface area contributed by atoms with Gasteiger partial charge in [-0.1, -0.05) is 30.3 Å². The minimum atomic E-state index is -0.220. The van der Waals surface area contributed by atoms with Crippen molar-refractivity contribution in [2.24, 2.45) is 0 Å². The quantitative estimate of drug-likeness (QED) is 0.829. The molecule has 0 saturated heterocycles. The fourth-order valence-corrected chi connectivity index (χ4v) is 2.14. The molecule has 0 aliphatic rings. The van der Waals surface area contributed by atoms with Crippen molar-refractivity contribution in [3.05, 3.63) is 65.5 Å². The van der Waals surface area contributed by atoms with Gasteiger partial charge in [0, 0.05) is 25.0 Å². The molecule has 1 unspecified atom stereocenters. The molecule has 0 spiro atoms. The van der Waals surface area contributed by atoms with Crippen LogP contribution in [0.3, 0.4) is 0 Å². The molecule has 1 heterocycles. The highest BCUT2D eigenvalue weighted by Gasteiger charge is 2.09. The summed E-state index contributed by atoms with van der Waals surface area (Å²) < 4.78 is 4.74. The molecule has 4 heteroatoms. The number of pyridine rings is 1. The predicted molar refractivity (Wildman–Crippen MR) is 81.7 cm³/mol. The lowest BCUT2D eigenvalue weighted by Gasteiger charge is -2.15. The molecule has 0 fully saturated rings. The monoisotopic (exact) mass is 284 g/mol. The molecule has 1 N–H and O–H groups in total. The summed E-state index contributed by atoms with van der Waals surface area (Å²) in [5.41, 5.74) is 3.25. The number of nitrogens with zero attached hydrogens (tertiary/aromatic N) is 1. The van der Waals surface area contributed by atoms with Gasteiger partial charge in [0.05, 0.1) is 13.5 Å². The van der Waals surface area contributed by atoms with Gasteiger partial charge >= 0.3 is 5.97 Å². The topological polar surface area (TPSA) is 51.2 Å². The summed E-state index contributed by atoms with van der Waals surface area (Å²) in [4.78, 5) is 15.6. The Morgan fingerprint density at radius 3 is 2.67 bits per heavy atom. The van der Waals surface area contributed by atoms with Gasteiger partial charge in [0.2, 0.25) is 0 Å². The maximum absolute atomic E-state index is 11.4. The van der Waals surface area contributed by atoms with Crippen LogP contribution in [0.25, 0.3) is 0 Å². The number of methoxy groups -OCH3 is 1. The number of carbonyl (C=O) groups excluding carboxylic acids is 1. The Hall–Kier alpha value is -2.20. The molecule has 2 rings (SSSR count). The van der Waals surface area contributed by atoms with Crippen molar-refractivity contribution in [2.75, 3.05) is 7.11 Å². The van der Waals surface area contributed by atoms with Crippen molar-refractivity contribution in [3.8, 4) is 0 Å². The smallest absolute Gasteiger partial charge is 0.309 e. The van der Waals surface area contributed by atoms with Crippen LogP contribution in [-0.4, -0.2) is 18.1 Å². The standard InChI is InChI=1S/C17H20N2O2/c1-13(15-8-5-9-18-11-15)19-12-16-7-4-3-6-14(16)10-17(20)21-2/h3-9,11,13,19H,10,12H2,1-2H3. The predicted octanol–water partition coefficient (Wildman–Crippen LogP) is 2.65. The fourth-order valence-electron chi connectivity index (χ4n) is 2.14. The van der Waals surface area contributed by atoms with E-state index in [0.717, 1.165) is 16.7 Å². The van der Waals surface area contributed by atoms with Gasteiger partial charge in [0.15, 0.2) is 0 Å². The second-order valence-corrected chi connectivity index (χ2v) is 4.91. The molecule has 0 radical (unpaired) electrons. The van der Waals surface area contributed by atoms with Crippen LogP contribution in [-0.2, 0) is 22.5 Å². The molecular formula is C17H20N2O2. The van der Waals surface area contributed by atoms with E-state index in [1.54, 1.807) is 6.20 Å². The summed E-state index contributed by atoms with van der Waals surface area (Å²) in [7, 11) is 1.41. The van der Waals surface area contributed by atoms with Crippen molar-refractivity contribution >= 4 is 5.97 Å².